The summed E-state index contributed by atoms with van der Waals surface area (Å²) in [7, 11) is 0. The average molecular weight is 568 g/mol. The molecule has 0 radical (unpaired) electrons. The Bertz CT molecular complexity index is 1260. The molecule has 1 unspecified atom stereocenters. The molecule has 1 aliphatic heterocycles. The molecule has 0 saturated carbocycles. The predicted molar refractivity (Wildman–Crippen MR) is 108 cm³/mol. The van der Waals surface area contributed by atoms with Crippen molar-refractivity contribution in [2.24, 2.45) is 0 Å². The van der Waals surface area contributed by atoms with Crippen LogP contribution in [0.15, 0.2) is 4.79 Å². The average Bonchev–Trinajstić information content (AvgIpc) is 3.16. The number of anilines is 1. The van der Waals surface area contributed by atoms with Crippen LogP contribution >= 0.6 is 11.6 Å². The summed E-state index contributed by atoms with van der Waals surface area (Å²) in [6.45, 7) is 0.337. The van der Waals surface area contributed by atoms with Crippen molar-refractivity contribution in [3.8, 4) is 0 Å². The number of carbonyl (C=O) groups excluding carboxylic acids is 2. The van der Waals surface area contributed by atoms with Gasteiger partial charge >= 0.3 is 30.0 Å². The molecule has 2 aromatic heterocycles. The van der Waals surface area contributed by atoms with Gasteiger partial charge in [-0.05, 0) is 0 Å². The molecule has 0 spiro atoms. The Morgan fingerprint density at radius 1 is 1.16 bits per heavy atom. The van der Waals surface area contributed by atoms with Crippen molar-refractivity contribution in [1.29, 1.82) is 0 Å². The highest BCUT2D eigenvalue weighted by molar-refractivity contribution is 6.33. The fourth-order valence-electron chi connectivity index (χ4n) is 3.74. The second-order valence-electron chi connectivity index (χ2n) is 7.80. The number of hydrogen-bond acceptors (Lipinski definition) is 9. The third-order valence-electron chi connectivity index (χ3n) is 5.07. The zero-order valence-corrected chi connectivity index (χ0v) is 19.4. The highest BCUT2D eigenvalue weighted by atomic mass is 35.5. The van der Waals surface area contributed by atoms with E-state index in [1.54, 1.807) is 0 Å². The molecule has 0 aliphatic carbocycles. The van der Waals surface area contributed by atoms with Crippen LogP contribution in [0.25, 0.3) is 11.2 Å². The first-order valence-corrected chi connectivity index (χ1v) is 10.5. The fraction of sp³-hybridized carbons (Fsp3) is 0.611. The van der Waals surface area contributed by atoms with E-state index in [-0.39, 0.29) is 0 Å². The minimum absolute atomic E-state index is 0.344. The maximum absolute atomic E-state index is 15.3. The van der Waals surface area contributed by atoms with Crippen molar-refractivity contribution in [1.82, 2.24) is 19.1 Å². The number of esters is 2. The molecule has 1 fully saturated rings. The van der Waals surface area contributed by atoms with E-state index < -0.39 is 95.9 Å². The molecule has 11 nitrogen and oxygen atoms in total. The third kappa shape index (κ3) is 5.89. The van der Waals surface area contributed by atoms with E-state index in [9.17, 15) is 40.7 Å². The number of alkyl halides is 7. The van der Waals surface area contributed by atoms with Crippen molar-refractivity contribution in [3.63, 3.8) is 0 Å². The van der Waals surface area contributed by atoms with Crippen LogP contribution in [0.5, 0.6) is 0 Å². The number of halogens is 8. The van der Waals surface area contributed by atoms with Gasteiger partial charge in [0.25, 0.3) is 0 Å². The van der Waals surface area contributed by atoms with E-state index in [0.717, 1.165) is 6.92 Å². The van der Waals surface area contributed by atoms with Gasteiger partial charge in [0.15, 0.2) is 29.3 Å². The quantitative estimate of drug-likeness (QED) is 0.316. The lowest BCUT2D eigenvalue weighted by Crippen LogP contribution is -2.47. The van der Waals surface area contributed by atoms with Crippen LogP contribution in [-0.4, -0.2) is 67.9 Å². The molecule has 19 heteroatoms. The Labute approximate surface area is 206 Å². The summed E-state index contributed by atoms with van der Waals surface area (Å²) in [5.74, 6) is -3.28. The first-order valence-electron chi connectivity index (χ1n) is 10.1. The van der Waals surface area contributed by atoms with Gasteiger partial charge in [-0.15, -0.1) is 0 Å². The highest BCUT2D eigenvalue weighted by Crippen LogP contribution is 2.41. The van der Waals surface area contributed by atoms with Gasteiger partial charge in [0, 0.05) is 20.4 Å². The number of aromatic nitrogens is 4. The Hall–Kier alpha value is -3.15. The maximum atomic E-state index is 15.3. The van der Waals surface area contributed by atoms with Crippen molar-refractivity contribution in [2.75, 3.05) is 5.73 Å². The van der Waals surface area contributed by atoms with Crippen LogP contribution in [0.2, 0.25) is 5.15 Å². The maximum Gasteiger partial charge on any atom is 0.428 e. The van der Waals surface area contributed by atoms with Crippen LogP contribution in [0.4, 0.5) is 36.7 Å². The fourth-order valence-corrected chi connectivity index (χ4v) is 4.01. The Morgan fingerprint density at radius 2 is 1.78 bits per heavy atom. The molecule has 3 heterocycles. The number of aryl methyl sites for hydroxylation is 1. The molecule has 1 aliphatic rings. The van der Waals surface area contributed by atoms with Gasteiger partial charge < -0.3 is 19.9 Å². The van der Waals surface area contributed by atoms with Gasteiger partial charge in [0.2, 0.25) is 12.1 Å². The standard InChI is InChI=1S/C18H17ClF7N5O6/c1-5(32)35-10-7(20)9(11(18(24,25)26)36-6(2)33)37-14(10)31-13-8(12(19)28-15(27)29-13)30(16(31)34)4-3-17(21,22)23/h7,9-11,14H,3-4H2,1-2H3,(H2,27,28,29)/t7-,9-,10+,11?,14+/m0/s1. The van der Waals surface area contributed by atoms with Crippen molar-refractivity contribution < 1.29 is 54.5 Å². The molecule has 206 valence electrons. The lowest BCUT2D eigenvalue weighted by Gasteiger charge is -2.26. The number of carbonyl (C=O) groups is 2. The van der Waals surface area contributed by atoms with E-state index in [1.165, 1.54) is 0 Å². The zero-order valence-electron chi connectivity index (χ0n) is 18.6. The summed E-state index contributed by atoms with van der Waals surface area (Å²) >= 11 is 5.96. The van der Waals surface area contributed by atoms with Gasteiger partial charge in [-0.25, -0.2) is 13.8 Å². The van der Waals surface area contributed by atoms with Gasteiger partial charge in [0.1, 0.15) is 11.6 Å². The SMILES string of the molecule is CC(=O)OC([C@H]1O[C@@H](n2c(=O)n(CCC(F)(F)F)c3c(Cl)nc(N)nc32)[C@H](OC(C)=O)[C@H]1F)C(F)(F)F. The molecular formula is C18H17ClF7N5O6. The van der Waals surface area contributed by atoms with E-state index in [4.69, 9.17) is 26.8 Å². The number of rotatable bonds is 6. The Kier molecular flexibility index (Phi) is 7.65. The molecule has 5 atom stereocenters. The first kappa shape index (κ1) is 28.4. The summed E-state index contributed by atoms with van der Waals surface area (Å²) < 4.78 is 110. The van der Waals surface area contributed by atoms with Crippen molar-refractivity contribution in [2.45, 2.75) is 69.9 Å². The molecule has 1 saturated heterocycles. The summed E-state index contributed by atoms with van der Waals surface area (Å²) in [4.78, 5) is 43.3. The highest BCUT2D eigenvalue weighted by Gasteiger charge is 2.60. The van der Waals surface area contributed by atoms with E-state index in [2.05, 4.69) is 14.7 Å². The summed E-state index contributed by atoms with van der Waals surface area (Å²) in [5, 5.41) is -0.607. The van der Waals surface area contributed by atoms with E-state index in [1.807, 2.05) is 0 Å². The van der Waals surface area contributed by atoms with Crippen molar-refractivity contribution >= 4 is 40.7 Å². The molecule has 2 aromatic rings. The number of fused-ring (bicyclic) bond motifs is 1. The number of nitrogens with zero attached hydrogens (tertiary/aromatic N) is 4. The van der Waals surface area contributed by atoms with E-state index >= 15 is 4.39 Å². The molecule has 0 aromatic carbocycles. The zero-order chi connectivity index (χ0) is 28.0. The summed E-state index contributed by atoms with van der Waals surface area (Å²) in [5.41, 5.74) is 2.94. The van der Waals surface area contributed by atoms with Gasteiger partial charge in [-0.2, -0.15) is 36.3 Å². The second kappa shape index (κ2) is 9.96. The molecule has 37 heavy (non-hydrogen) atoms. The van der Waals surface area contributed by atoms with Crippen LogP contribution < -0.4 is 11.4 Å². The molecule has 0 bridgehead atoms. The topological polar surface area (TPSA) is 141 Å². The minimum atomic E-state index is -5.38. The van der Waals surface area contributed by atoms with Crippen LogP contribution in [0, 0.1) is 0 Å². The smallest absolute Gasteiger partial charge is 0.428 e. The molecule has 0 amide bonds. The summed E-state index contributed by atoms with van der Waals surface area (Å²) in [6, 6.07) is 0. The Morgan fingerprint density at radius 3 is 2.30 bits per heavy atom. The molecule has 3 rings (SSSR count). The number of nitrogen functional groups attached to an aromatic ring is 1. The molecule has 2 N–H and O–H groups in total. The van der Waals surface area contributed by atoms with E-state index in [0.29, 0.717) is 16.1 Å². The monoisotopic (exact) mass is 567 g/mol. The minimum Gasteiger partial charge on any atom is -0.454 e. The molecular weight excluding hydrogens is 551 g/mol. The van der Waals surface area contributed by atoms with Crippen LogP contribution in [0.3, 0.4) is 0 Å². The van der Waals surface area contributed by atoms with Crippen LogP contribution in [0.1, 0.15) is 26.5 Å². The van der Waals surface area contributed by atoms with Gasteiger partial charge in [0.05, 0.1) is 6.42 Å². The lowest BCUT2D eigenvalue weighted by atomic mass is 10.1. The number of ether oxygens (including phenoxy) is 3. The first-order chi connectivity index (χ1) is 16.9. The lowest BCUT2D eigenvalue weighted by molar-refractivity contribution is -0.252. The van der Waals surface area contributed by atoms with Gasteiger partial charge in [-0.1, -0.05) is 11.6 Å². The largest absolute Gasteiger partial charge is 0.454 e. The normalized spacial score (nSPS) is 23.3. The van der Waals surface area contributed by atoms with Crippen molar-refractivity contribution in [3.05, 3.63) is 15.6 Å². The third-order valence-corrected chi connectivity index (χ3v) is 5.33. The van der Waals surface area contributed by atoms with Gasteiger partial charge in [-0.3, -0.25) is 14.2 Å². The summed E-state index contributed by atoms with van der Waals surface area (Å²) in [6.07, 6.45) is -24.9. The predicted octanol–water partition coefficient (Wildman–Crippen LogP) is 2.44. The number of imidazole rings is 1. The number of nitrogens with two attached hydrogens (primary N) is 1. The van der Waals surface area contributed by atoms with Crippen LogP contribution in [-0.2, 0) is 30.3 Å². The number of hydrogen-bond donors (Lipinski definition) is 1. The Balaban J connectivity index is 2.22. The second-order valence-corrected chi connectivity index (χ2v) is 8.15.